The quantitative estimate of drug-likeness (QED) is 0.382. The van der Waals surface area contributed by atoms with Gasteiger partial charge >= 0.3 is 5.97 Å². The van der Waals surface area contributed by atoms with E-state index in [1.54, 1.807) is 37.1 Å². The molecule has 3 heterocycles. The van der Waals surface area contributed by atoms with Gasteiger partial charge in [0.15, 0.2) is 4.80 Å². The van der Waals surface area contributed by atoms with Gasteiger partial charge in [-0.1, -0.05) is 59.9 Å². The number of hydrogen-bond acceptors (Lipinski definition) is 7. The highest BCUT2D eigenvalue weighted by Crippen LogP contribution is 2.36. The minimum Gasteiger partial charge on any atom is -0.497 e. The molecule has 2 aromatic carbocycles. The van der Waals surface area contributed by atoms with Crippen LogP contribution in [0.2, 0.25) is 0 Å². The molecule has 36 heavy (non-hydrogen) atoms. The zero-order valence-electron chi connectivity index (χ0n) is 19.8. The van der Waals surface area contributed by atoms with Gasteiger partial charge < -0.3 is 9.47 Å². The lowest BCUT2D eigenvalue weighted by atomic mass is 9.93. The second kappa shape index (κ2) is 10.1. The Kier molecular flexibility index (Phi) is 6.60. The number of carbonyl (C=O) groups excluding carboxylic acids is 1. The molecule has 0 saturated carbocycles. The highest BCUT2D eigenvalue weighted by atomic mass is 32.1. The first-order valence-corrected chi connectivity index (χ1v) is 12.2. The molecule has 1 atom stereocenters. The van der Waals surface area contributed by atoms with Crippen molar-refractivity contribution in [1.82, 2.24) is 9.55 Å². The van der Waals surface area contributed by atoms with Gasteiger partial charge in [-0.2, -0.15) is 0 Å². The van der Waals surface area contributed by atoms with Crippen LogP contribution in [0.15, 0.2) is 94.5 Å². The van der Waals surface area contributed by atoms with Crippen LogP contribution in [0.25, 0.3) is 11.8 Å². The van der Waals surface area contributed by atoms with Gasteiger partial charge in [-0.3, -0.25) is 14.3 Å². The van der Waals surface area contributed by atoms with Crippen LogP contribution in [0.5, 0.6) is 5.75 Å². The summed E-state index contributed by atoms with van der Waals surface area (Å²) in [6.07, 6.45) is 5.16. The fourth-order valence-corrected chi connectivity index (χ4v) is 5.18. The number of nitrogens with zero attached hydrogens (tertiary/aromatic N) is 3. The van der Waals surface area contributed by atoms with E-state index in [0.29, 0.717) is 26.4 Å². The van der Waals surface area contributed by atoms with E-state index in [-0.39, 0.29) is 12.2 Å². The van der Waals surface area contributed by atoms with Gasteiger partial charge in [0.25, 0.3) is 5.56 Å². The number of fused-ring (bicyclic) bond motifs is 1. The SMILES string of the molecule is CCOC(=O)C1=C(c2ccccc2)N=c2sc(=Cc3cccnc3)c(=O)n2[C@@H]1c1cccc(OC)c1. The zero-order valence-corrected chi connectivity index (χ0v) is 20.6. The van der Waals surface area contributed by atoms with E-state index in [4.69, 9.17) is 14.5 Å². The molecule has 0 saturated heterocycles. The van der Waals surface area contributed by atoms with Crippen molar-refractivity contribution in [2.75, 3.05) is 13.7 Å². The van der Waals surface area contributed by atoms with Crippen molar-refractivity contribution in [1.29, 1.82) is 0 Å². The number of rotatable bonds is 6. The fourth-order valence-electron chi connectivity index (χ4n) is 4.18. The van der Waals surface area contributed by atoms with Crippen molar-refractivity contribution in [3.63, 3.8) is 0 Å². The first-order valence-electron chi connectivity index (χ1n) is 11.4. The molecule has 4 aromatic rings. The lowest BCUT2D eigenvalue weighted by molar-refractivity contribution is -0.138. The van der Waals surface area contributed by atoms with Gasteiger partial charge in [-0.05, 0) is 42.3 Å². The predicted molar refractivity (Wildman–Crippen MR) is 138 cm³/mol. The minimum atomic E-state index is -0.748. The third-order valence-electron chi connectivity index (χ3n) is 5.77. The van der Waals surface area contributed by atoms with Crippen molar-refractivity contribution in [3.8, 4) is 5.75 Å². The van der Waals surface area contributed by atoms with Gasteiger partial charge in [0, 0.05) is 18.0 Å². The Morgan fingerprint density at radius 3 is 2.67 bits per heavy atom. The minimum absolute atomic E-state index is 0.195. The number of esters is 1. The molecular formula is C28H23N3O4S. The van der Waals surface area contributed by atoms with Crippen LogP contribution in [-0.2, 0) is 9.53 Å². The van der Waals surface area contributed by atoms with E-state index >= 15 is 0 Å². The summed E-state index contributed by atoms with van der Waals surface area (Å²) in [6, 6.07) is 19.8. The molecule has 0 N–H and O–H groups in total. The number of thiazole rings is 1. The van der Waals surface area contributed by atoms with Gasteiger partial charge in [-0.25, -0.2) is 9.79 Å². The molecule has 0 unspecified atom stereocenters. The summed E-state index contributed by atoms with van der Waals surface area (Å²) in [5, 5.41) is 0. The van der Waals surface area contributed by atoms with E-state index in [9.17, 15) is 9.59 Å². The Balaban J connectivity index is 1.85. The van der Waals surface area contributed by atoms with Gasteiger partial charge in [-0.15, -0.1) is 0 Å². The molecule has 5 rings (SSSR count). The molecule has 2 aromatic heterocycles. The summed E-state index contributed by atoms with van der Waals surface area (Å²) in [6.45, 7) is 1.95. The summed E-state index contributed by atoms with van der Waals surface area (Å²) in [4.78, 5) is 36.7. The van der Waals surface area contributed by atoms with E-state index in [1.807, 2.05) is 66.7 Å². The van der Waals surface area contributed by atoms with Gasteiger partial charge in [0.1, 0.15) is 5.75 Å². The predicted octanol–water partition coefficient (Wildman–Crippen LogP) is 3.34. The van der Waals surface area contributed by atoms with E-state index in [0.717, 1.165) is 16.7 Å². The Bertz CT molecular complexity index is 1620. The van der Waals surface area contributed by atoms with Crippen molar-refractivity contribution in [2.45, 2.75) is 13.0 Å². The average Bonchev–Trinajstić information content (AvgIpc) is 3.23. The molecule has 1 aliphatic rings. The number of aromatic nitrogens is 2. The number of hydrogen-bond donors (Lipinski definition) is 0. The monoisotopic (exact) mass is 497 g/mol. The first-order chi connectivity index (χ1) is 17.6. The fraction of sp³-hybridized carbons (Fsp3) is 0.143. The normalized spacial score (nSPS) is 15.3. The highest BCUT2D eigenvalue weighted by molar-refractivity contribution is 7.07. The Morgan fingerprint density at radius 2 is 1.94 bits per heavy atom. The number of ether oxygens (including phenoxy) is 2. The zero-order chi connectivity index (χ0) is 25.1. The van der Waals surface area contributed by atoms with Crippen molar-refractivity contribution in [3.05, 3.63) is 121 Å². The van der Waals surface area contributed by atoms with E-state index in [1.165, 1.54) is 11.3 Å². The number of benzene rings is 2. The molecule has 0 fully saturated rings. The molecule has 7 nitrogen and oxygen atoms in total. The van der Waals surface area contributed by atoms with Crippen molar-refractivity contribution < 1.29 is 14.3 Å². The maximum Gasteiger partial charge on any atom is 0.338 e. The average molecular weight is 498 g/mol. The molecule has 8 heteroatoms. The Labute approximate surface area is 211 Å². The Morgan fingerprint density at radius 1 is 1.11 bits per heavy atom. The highest BCUT2D eigenvalue weighted by Gasteiger charge is 2.35. The molecule has 0 radical (unpaired) electrons. The van der Waals surface area contributed by atoms with Gasteiger partial charge in [0.2, 0.25) is 0 Å². The van der Waals surface area contributed by atoms with Crippen molar-refractivity contribution in [2.24, 2.45) is 4.99 Å². The van der Waals surface area contributed by atoms with Crippen molar-refractivity contribution >= 4 is 29.1 Å². The van der Waals surface area contributed by atoms with E-state index in [2.05, 4.69) is 4.98 Å². The maximum atomic E-state index is 13.8. The number of methoxy groups -OCH3 is 1. The number of pyridine rings is 1. The summed E-state index contributed by atoms with van der Waals surface area (Å²) < 4.78 is 13.0. The largest absolute Gasteiger partial charge is 0.497 e. The molecule has 0 bridgehead atoms. The molecule has 0 amide bonds. The lowest BCUT2D eigenvalue weighted by Crippen LogP contribution is -2.40. The van der Waals surface area contributed by atoms with Crippen LogP contribution in [0.3, 0.4) is 0 Å². The third-order valence-corrected chi connectivity index (χ3v) is 6.75. The summed E-state index contributed by atoms with van der Waals surface area (Å²) in [5.41, 5.74) is 2.82. The smallest absolute Gasteiger partial charge is 0.338 e. The van der Waals surface area contributed by atoms with Crippen LogP contribution < -0.4 is 19.6 Å². The van der Waals surface area contributed by atoms with Crippen LogP contribution in [0.1, 0.15) is 29.7 Å². The molecule has 0 aliphatic carbocycles. The molecule has 1 aliphatic heterocycles. The summed E-state index contributed by atoms with van der Waals surface area (Å²) >= 11 is 1.27. The second-order valence-corrected chi connectivity index (χ2v) is 9.00. The maximum absolute atomic E-state index is 13.8. The van der Waals surface area contributed by atoms with Crippen LogP contribution >= 0.6 is 11.3 Å². The first kappa shape index (κ1) is 23.4. The van der Waals surface area contributed by atoms with E-state index < -0.39 is 12.0 Å². The summed E-state index contributed by atoms with van der Waals surface area (Å²) in [5.74, 6) is 0.0981. The van der Waals surface area contributed by atoms with Crippen LogP contribution in [0, 0.1) is 0 Å². The topological polar surface area (TPSA) is 82.8 Å². The lowest BCUT2D eigenvalue weighted by Gasteiger charge is -2.26. The molecule has 0 spiro atoms. The number of carbonyl (C=O) groups is 1. The molecule has 180 valence electrons. The van der Waals surface area contributed by atoms with Crippen LogP contribution in [0.4, 0.5) is 0 Å². The van der Waals surface area contributed by atoms with Gasteiger partial charge in [0.05, 0.1) is 35.6 Å². The second-order valence-electron chi connectivity index (χ2n) is 7.99. The summed E-state index contributed by atoms with van der Waals surface area (Å²) in [7, 11) is 1.58. The standard InChI is InChI=1S/C28H23N3O4S/c1-3-35-27(33)23-24(19-10-5-4-6-11-19)30-28-31(25(23)20-12-7-13-21(16-20)34-2)26(32)22(36-28)15-18-9-8-14-29-17-18/h4-17,25H,3H2,1-2H3/t25-/m1/s1. The molecular weight excluding hydrogens is 474 g/mol. The third kappa shape index (κ3) is 4.38. The van der Waals surface area contributed by atoms with Crippen LogP contribution in [-0.4, -0.2) is 29.2 Å². The Hall–Kier alpha value is -4.30.